The summed E-state index contributed by atoms with van der Waals surface area (Å²) in [6.45, 7) is 2.13. The summed E-state index contributed by atoms with van der Waals surface area (Å²) >= 11 is 0. The lowest BCUT2D eigenvalue weighted by molar-refractivity contribution is -0.135. The lowest BCUT2D eigenvalue weighted by atomic mass is 10.2. The number of anilines is 1. The van der Waals surface area contributed by atoms with Crippen LogP contribution >= 0.6 is 0 Å². The van der Waals surface area contributed by atoms with Crippen molar-refractivity contribution < 1.29 is 9.90 Å². The molecule has 0 unspecified atom stereocenters. The fourth-order valence-corrected chi connectivity index (χ4v) is 2.69. The van der Waals surface area contributed by atoms with Gasteiger partial charge in [0.1, 0.15) is 18.7 Å². The van der Waals surface area contributed by atoms with Crippen LogP contribution in [0.3, 0.4) is 0 Å². The molecule has 0 bridgehead atoms. The minimum atomic E-state index is -0.803. The van der Waals surface area contributed by atoms with E-state index in [4.69, 9.17) is 5.11 Å². The molecular weight excluding hydrogens is 242 g/mol. The van der Waals surface area contributed by atoms with Crippen molar-refractivity contribution in [3.63, 3.8) is 0 Å². The first-order valence-electron chi connectivity index (χ1n) is 7.00. The lowest BCUT2D eigenvalue weighted by Gasteiger charge is -2.28. The Kier molecular flexibility index (Phi) is 4.71. The van der Waals surface area contributed by atoms with Gasteiger partial charge < -0.3 is 10.0 Å². The topological polar surface area (TPSA) is 66.3 Å². The zero-order chi connectivity index (χ0) is 13.7. The van der Waals surface area contributed by atoms with Gasteiger partial charge in [0, 0.05) is 17.8 Å². The largest absolute Gasteiger partial charge is 0.480 e. The van der Waals surface area contributed by atoms with Crippen LogP contribution in [0.2, 0.25) is 0 Å². The molecule has 0 amide bonds. The average molecular weight is 263 g/mol. The smallest absolute Gasteiger partial charge is 0.323 e. The predicted molar refractivity (Wildman–Crippen MR) is 73.3 cm³/mol. The normalized spacial score (nSPS) is 15.6. The van der Waals surface area contributed by atoms with Gasteiger partial charge in [-0.2, -0.15) is 0 Å². The molecule has 19 heavy (non-hydrogen) atoms. The first-order chi connectivity index (χ1) is 9.20. The van der Waals surface area contributed by atoms with E-state index in [2.05, 4.69) is 16.9 Å². The van der Waals surface area contributed by atoms with E-state index in [0.717, 1.165) is 37.2 Å². The van der Waals surface area contributed by atoms with Gasteiger partial charge in [0.2, 0.25) is 0 Å². The molecule has 2 rings (SSSR count). The highest BCUT2D eigenvalue weighted by Gasteiger charge is 2.25. The number of aryl methyl sites for hydroxylation is 1. The summed E-state index contributed by atoms with van der Waals surface area (Å²) in [7, 11) is 0. The van der Waals surface area contributed by atoms with E-state index in [1.165, 1.54) is 12.8 Å². The van der Waals surface area contributed by atoms with Crippen molar-refractivity contribution >= 4 is 11.8 Å². The van der Waals surface area contributed by atoms with Crippen molar-refractivity contribution in [2.75, 3.05) is 11.4 Å². The molecule has 1 fully saturated rings. The fourth-order valence-electron chi connectivity index (χ4n) is 2.69. The number of aliphatic carboxylic acids is 1. The summed E-state index contributed by atoms with van der Waals surface area (Å²) < 4.78 is 0. The molecule has 0 saturated heterocycles. The number of nitrogens with zero attached hydrogens (tertiary/aromatic N) is 3. The summed E-state index contributed by atoms with van der Waals surface area (Å²) in [6, 6.07) is 2.24. The maximum atomic E-state index is 11.1. The number of carbonyl (C=O) groups is 1. The zero-order valence-corrected chi connectivity index (χ0v) is 11.4. The van der Waals surface area contributed by atoms with E-state index in [-0.39, 0.29) is 6.54 Å². The Morgan fingerprint density at radius 2 is 2.16 bits per heavy atom. The Morgan fingerprint density at radius 3 is 2.79 bits per heavy atom. The van der Waals surface area contributed by atoms with Gasteiger partial charge in [0.15, 0.2) is 0 Å². The van der Waals surface area contributed by atoms with Crippen LogP contribution in [0.25, 0.3) is 0 Å². The highest BCUT2D eigenvalue weighted by Crippen LogP contribution is 2.27. The minimum Gasteiger partial charge on any atom is -0.480 e. The van der Waals surface area contributed by atoms with E-state index in [1.807, 2.05) is 11.0 Å². The fraction of sp³-hybridized carbons (Fsp3) is 0.643. The summed E-state index contributed by atoms with van der Waals surface area (Å²) in [4.78, 5) is 21.5. The molecule has 0 spiro atoms. The Bertz CT molecular complexity index is 430. The SMILES string of the molecule is CCCc1cc(N(CC(=O)O)C2CCCC2)ncn1. The average Bonchev–Trinajstić information content (AvgIpc) is 2.90. The van der Waals surface area contributed by atoms with Crippen molar-refractivity contribution in [3.8, 4) is 0 Å². The molecule has 1 saturated carbocycles. The number of aromatic nitrogens is 2. The summed E-state index contributed by atoms with van der Waals surface area (Å²) in [5, 5.41) is 9.09. The summed E-state index contributed by atoms with van der Waals surface area (Å²) in [5.41, 5.74) is 0.987. The third kappa shape index (κ3) is 3.66. The first-order valence-corrected chi connectivity index (χ1v) is 7.00. The van der Waals surface area contributed by atoms with Gasteiger partial charge in [0.25, 0.3) is 0 Å². The predicted octanol–water partition coefficient (Wildman–Crippen LogP) is 2.26. The van der Waals surface area contributed by atoms with Crippen molar-refractivity contribution in [3.05, 3.63) is 18.1 Å². The van der Waals surface area contributed by atoms with Gasteiger partial charge in [-0.3, -0.25) is 4.79 Å². The van der Waals surface area contributed by atoms with Crippen LogP contribution < -0.4 is 4.90 Å². The van der Waals surface area contributed by atoms with Gasteiger partial charge in [-0.15, -0.1) is 0 Å². The molecule has 5 heteroatoms. The molecule has 0 atom stereocenters. The van der Waals surface area contributed by atoms with Gasteiger partial charge >= 0.3 is 5.97 Å². The second kappa shape index (κ2) is 6.50. The number of carboxylic acids is 1. The molecule has 1 aliphatic rings. The Balaban J connectivity index is 2.20. The number of hydrogen-bond donors (Lipinski definition) is 1. The standard InChI is InChI=1S/C14H21N3O2/c1-2-5-11-8-13(16-10-15-11)17(9-14(18)19)12-6-3-4-7-12/h8,10,12H,2-7,9H2,1H3,(H,18,19). The van der Waals surface area contributed by atoms with Crippen LogP contribution in [-0.2, 0) is 11.2 Å². The second-order valence-electron chi connectivity index (χ2n) is 5.08. The molecule has 0 aromatic carbocycles. The van der Waals surface area contributed by atoms with Gasteiger partial charge in [-0.05, 0) is 19.3 Å². The third-order valence-electron chi connectivity index (χ3n) is 3.58. The number of carboxylic acid groups (broad SMARTS) is 1. The Morgan fingerprint density at radius 1 is 1.42 bits per heavy atom. The molecule has 5 nitrogen and oxygen atoms in total. The van der Waals surface area contributed by atoms with Gasteiger partial charge in [-0.25, -0.2) is 9.97 Å². The summed E-state index contributed by atoms with van der Waals surface area (Å²) in [5.74, 6) is -0.0460. The van der Waals surface area contributed by atoms with E-state index < -0.39 is 5.97 Å². The molecule has 0 aliphatic heterocycles. The molecule has 1 aromatic rings. The zero-order valence-electron chi connectivity index (χ0n) is 11.4. The van der Waals surface area contributed by atoms with Crippen molar-refractivity contribution in [2.45, 2.75) is 51.5 Å². The van der Waals surface area contributed by atoms with Crippen LogP contribution in [0.1, 0.15) is 44.7 Å². The first kappa shape index (κ1) is 13.8. The highest BCUT2D eigenvalue weighted by atomic mass is 16.4. The number of rotatable bonds is 6. The Hall–Kier alpha value is -1.65. The third-order valence-corrected chi connectivity index (χ3v) is 3.58. The van der Waals surface area contributed by atoms with Crippen molar-refractivity contribution in [2.24, 2.45) is 0 Å². The second-order valence-corrected chi connectivity index (χ2v) is 5.08. The molecule has 1 aliphatic carbocycles. The number of hydrogen-bond acceptors (Lipinski definition) is 4. The molecule has 0 radical (unpaired) electrons. The molecule has 104 valence electrons. The maximum absolute atomic E-state index is 11.1. The van der Waals surface area contributed by atoms with Crippen molar-refractivity contribution in [1.29, 1.82) is 0 Å². The minimum absolute atomic E-state index is 0.0211. The van der Waals surface area contributed by atoms with Crippen LogP contribution in [-0.4, -0.2) is 33.6 Å². The maximum Gasteiger partial charge on any atom is 0.323 e. The van der Waals surface area contributed by atoms with Crippen LogP contribution in [0.5, 0.6) is 0 Å². The van der Waals surface area contributed by atoms with Crippen LogP contribution in [0.4, 0.5) is 5.82 Å². The van der Waals surface area contributed by atoms with E-state index >= 15 is 0 Å². The van der Waals surface area contributed by atoms with Crippen molar-refractivity contribution in [1.82, 2.24) is 9.97 Å². The molecule has 1 N–H and O–H groups in total. The summed E-state index contributed by atoms with van der Waals surface area (Å²) in [6.07, 6.45) is 7.94. The monoisotopic (exact) mass is 263 g/mol. The van der Waals surface area contributed by atoms with E-state index in [9.17, 15) is 4.79 Å². The van der Waals surface area contributed by atoms with E-state index in [0.29, 0.717) is 6.04 Å². The Labute approximate surface area is 113 Å². The molecule has 1 aromatic heterocycles. The highest BCUT2D eigenvalue weighted by molar-refractivity contribution is 5.73. The lowest BCUT2D eigenvalue weighted by Crippen LogP contribution is -2.38. The van der Waals surface area contributed by atoms with Gasteiger partial charge in [-0.1, -0.05) is 26.2 Å². The van der Waals surface area contributed by atoms with Crippen LogP contribution in [0.15, 0.2) is 12.4 Å². The van der Waals surface area contributed by atoms with E-state index in [1.54, 1.807) is 6.33 Å². The van der Waals surface area contributed by atoms with Crippen LogP contribution in [0, 0.1) is 0 Å². The van der Waals surface area contributed by atoms with Gasteiger partial charge in [0.05, 0.1) is 0 Å². The quantitative estimate of drug-likeness (QED) is 0.852. The molecule has 1 heterocycles. The molecular formula is C14H21N3O2.